The van der Waals surface area contributed by atoms with Crippen LogP contribution >= 0.6 is 0 Å². The lowest BCUT2D eigenvalue weighted by Gasteiger charge is -2.16. The van der Waals surface area contributed by atoms with Gasteiger partial charge in [0.05, 0.1) is 11.0 Å². The number of rotatable bonds is 4. The van der Waals surface area contributed by atoms with E-state index >= 15 is 0 Å². The van der Waals surface area contributed by atoms with Crippen molar-refractivity contribution in [1.29, 1.82) is 0 Å². The van der Waals surface area contributed by atoms with Crippen molar-refractivity contribution < 1.29 is 5.11 Å². The van der Waals surface area contributed by atoms with E-state index in [0.29, 0.717) is 5.52 Å². The smallest absolute Gasteiger partial charge is 0.146 e. The Kier molecular flexibility index (Phi) is 5.93. The third kappa shape index (κ3) is 4.08. The van der Waals surface area contributed by atoms with Gasteiger partial charge in [-0.3, -0.25) is 9.55 Å². The van der Waals surface area contributed by atoms with E-state index in [2.05, 4.69) is 125 Å². The number of aromatic hydroxyl groups is 1. The van der Waals surface area contributed by atoms with Gasteiger partial charge in [0, 0.05) is 22.8 Å². The topological polar surface area (TPSA) is 50.9 Å². The molecule has 0 fully saturated rings. The number of benzene rings is 7. The molecule has 0 aliphatic heterocycles. The summed E-state index contributed by atoms with van der Waals surface area (Å²) in [7, 11) is 0. The molecule has 0 unspecified atom stereocenters. The van der Waals surface area contributed by atoms with Gasteiger partial charge in [-0.25, -0.2) is 4.98 Å². The zero-order chi connectivity index (χ0) is 30.6. The van der Waals surface area contributed by atoms with E-state index in [4.69, 9.17) is 4.98 Å². The second-order valence-electron chi connectivity index (χ2n) is 11.6. The number of phenolic OH excluding ortho intramolecular Hbond substituents is 1. The first-order valence-electron chi connectivity index (χ1n) is 15.4. The van der Waals surface area contributed by atoms with Gasteiger partial charge in [0.2, 0.25) is 0 Å². The normalized spacial score (nSPS) is 11.6. The van der Waals surface area contributed by atoms with Crippen molar-refractivity contribution in [1.82, 2.24) is 14.5 Å². The predicted octanol–water partition coefficient (Wildman–Crippen LogP) is 10.6. The Labute approximate surface area is 265 Å². The molecule has 2 aromatic heterocycles. The molecule has 0 saturated heterocycles. The van der Waals surface area contributed by atoms with Gasteiger partial charge in [0.25, 0.3) is 0 Å². The van der Waals surface area contributed by atoms with E-state index in [-0.39, 0.29) is 5.75 Å². The van der Waals surface area contributed by atoms with Crippen LogP contribution in [0, 0.1) is 0 Å². The van der Waals surface area contributed by atoms with Crippen LogP contribution in [-0.2, 0) is 0 Å². The van der Waals surface area contributed by atoms with Crippen LogP contribution in [0.3, 0.4) is 0 Å². The number of hydrogen-bond acceptors (Lipinski definition) is 3. The van der Waals surface area contributed by atoms with Crippen LogP contribution in [0.5, 0.6) is 5.75 Å². The summed E-state index contributed by atoms with van der Waals surface area (Å²) >= 11 is 0. The lowest BCUT2D eigenvalue weighted by molar-refractivity contribution is 0.480. The zero-order valence-electron chi connectivity index (χ0n) is 24.8. The molecular weight excluding hydrogens is 562 g/mol. The zero-order valence-corrected chi connectivity index (χ0v) is 24.8. The van der Waals surface area contributed by atoms with Gasteiger partial charge in [-0.15, -0.1) is 0 Å². The van der Waals surface area contributed by atoms with E-state index in [1.165, 1.54) is 5.39 Å². The highest BCUT2D eigenvalue weighted by molar-refractivity contribution is 6.12. The minimum absolute atomic E-state index is 0.189. The first-order chi connectivity index (χ1) is 22.7. The number of aromatic nitrogens is 3. The maximum Gasteiger partial charge on any atom is 0.146 e. The lowest BCUT2D eigenvalue weighted by Crippen LogP contribution is -1.98. The molecular formula is C42H27N3O. The van der Waals surface area contributed by atoms with E-state index < -0.39 is 0 Å². The molecule has 7 aromatic carbocycles. The highest BCUT2D eigenvalue weighted by Crippen LogP contribution is 2.41. The minimum Gasteiger partial charge on any atom is -0.506 e. The molecule has 0 amide bonds. The van der Waals surface area contributed by atoms with Gasteiger partial charge in [0.15, 0.2) is 0 Å². The van der Waals surface area contributed by atoms with Crippen molar-refractivity contribution in [2.45, 2.75) is 0 Å². The first-order valence-corrected chi connectivity index (χ1v) is 15.4. The fourth-order valence-corrected chi connectivity index (χ4v) is 6.87. The standard InChI is InChI=1S/C42H27N3O/c46-40-23-22-33(34-19-10-24-43-41(34)40)32-18-9-12-28-25-36-27(26-37(28)32)11-8-17-31(36)30-15-4-5-16-35(30)42-44-38-20-6-7-21-39(38)45(42)29-13-2-1-3-14-29/h1-26,46H. The monoisotopic (exact) mass is 589 g/mol. The summed E-state index contributed by atoms with van der Waals surface area (Å²) in [6, 6.07) is 52.6. The molecule has 216 valence electrons. The van der Waals surface area contributed by atoms with Gasteiger partial charge in [-0.1, -0.05) is 97.1 Å². The van der Waals surface area contributed by atoms with Gasteiger partial charge in [-0.05, 0) is 98.4 Å². The fraction of sp³-hybridized carbons (Fsp3) is 0. The molecule has 0 aliphatic carbocycles. The number of nitrogens with zero attached hydrogens (tertiary/aromatic N) is 3. The van der Waals surface area contributed by atoms with Crippen molar-refractivity contribution in [2.75, 3.05) is 0 Å². The summed E-state index contributed by atoms with van der Waals surface area (Å²) in [6.45, 7) is 0. The molecule has 2 heterocycles. The van der Waals surface area contributed by atoms with Crippen molar-refractivity contribution >= 4 is 43.5 Å². The van der Waals surface area contributed by atoms with Crippen LogP contribution in [0.2, 0.25) is 0 Å². The summed E-state index contributed by atoms with van der Waals surface area (Å²) in [5, 5.41) is 16.1. The molecule has 0 saturated carbocycles. The van der Waals surface area contributed by atoms with Crippen LogP contribution < -0.4 is 0 Å². The average molecular weight is 590 g/mol. The van der Waals surface area contributed by atoms with Crippen molar-refractivity contribution in [2.24, 2.45) is 0 Å². The maximum absolute atomic E-state index is 10.5. The molecule has 4 nitrogen and oxygen atoms in total. The maximum atomic E-state index is 10.5. The minimum atomic E-state index is 0.189. The largest absolute Gasteiger partial charge is 0.506 e. The van der Waals surface area contributed by atoms with Crippen molar-refractivity contribution in [3.8, 4) is 45.1 Å². The molecule has 0 aliphatic rings. The Balaban J connectivity index is 1.27. The van der Waals surface area contributed by atoms with Gasteiger partial charge < -0.3 is 5.11 Å². The first kappa shape index (κ1) is 26.2. The second-order valence-corrected chi connectivity index (χ2v) is 11.6. The van der Waals surface area contributed by atoms with Crippen molar-refractivity contribution in [3.05, 3.63) is 158 Å². The number of phenols is 1. The Morgan fingerprint density at radius 3 is 1.89 bits per heavy atom. The number of pyridine rings is 1. The summed E-state index contributed by atoms with van der Waals surface area (Å²) in [6.07, 6.45) is 1.72. The van der Waals surface area contributed by atoms with E-state index in [0.717, 1.165) is 71.9 Å². The average Bonchev–Trinajstić information content (AvgIpc) is 3.51. The molecule has 0 bridgehead atoms. The van der Waals surface area contributed by atoms with Gasteiger partial charge >= 0.3 is 0 Å². The number of imidazole rings is 1. The third-order valence-corrected chi connectivity index (χ3v) is 8.95. The fourth-order valence-electron chi connectivity index (χ4n) is 6.87. The van der Waals surface area contributed by atoms with Crippen LogP contribution in [-0.4, -0.2) is 19.6 Å². The number of hydrogen-bond donors (Lipinski definition) is 1. The summed E-state index contributed by atoms with van der Waals surface area (Å²) < 4.78 is 2.26. The molecule has 46 heavy (non-hydrogen) atoms. The molecule has 9 rings (SSSR count). The predicted molar refractivity (Wildman–Crippen MR) is 189 cm³/mol. The molecule has 0 atom stereocenters. The van der Waals surface area contributed by atoms with Crippen LogP contribution in [0.15, 0.2) is 158 Å². The van der Waals surface area contributed by atoms with Crippen molar-refractivity contribution in [3.63, 3.8) is 0 Å². The SMILES string of the molecule is Oc1ccc(-c2cccc3cc4c(-c5ccccc5-c5nc6ccccc6n5-c5ccccc5)cccc4cc23)c2cccnc12. The van der Waals surface area contributed by atoms with E-state index in [1.807, 2.05) is 30.3 Å². The molecule has 4 heteroatoms. The molecule has 0 radical (unpaired) electrons. The Morgan fingerprint density at radius 1 is 0.478 bits per heavy atom. The molecule has 1 N–H and O–H groups in total. The van der Waals surface area contributed by atoms with E-state index in [9.17, 15) is 5.11 Å². The Bertz CT molecular complexity index is 2600. The number of fused-ring (bicyclic) bond motifs is 4. The molecule has 9 aromatic rings. The van der Waals surface area contributed by atoms with Gasteiger partial charge in [0.1, 0.15) is 17.1 Å². The van der Waals surface area contributed by atoms with Gasteiger partial charge in [-0.2, -0.15) is 0 Å². The highest BCUT2D eigenvalue weighted by atomic mass is 16.3. The Morgan fingerprint density at radius 2 is 1.11 bits per heavy atom. The van der Waals surface area contributed by atoms with Crippen LogP contribution in [0.25, 0.3) is 82.8 Å². The molecule has 0 spiro atoms. The summed E-state index contributed by atoms with van der Waals surface area (Å²) in [4.78, 5) is 9.65. The summed E-state index contributed by atoms with van der Waals surface area (Å²) in [5.41, 5.74) is 9.25. The van der Waals surface area contributed by atoms with E-state index in [1.54, 1.807) is 12.3 Å². The van der Waals surface area contributed by atoms with Crippen LogP contribution in [0.1, 0.15) is 0 Å². The summed E-state index contributed by atoms with van der Waals surface area (Å²) in [5.74, 6) is 1.10. The number of para-hydroxylation sites is 3. The lowest BCUT2D eigenvalue weighted by atomic mass is 9.90. The quantitative estimate of drug-likeness (QED) is 0.208. The van der Waals surface area contributed by atoms with Crippen LogP contribution in [0.4, 0.5) is 0 Å². The highest BCUT2D eigenvalue weighted by Gasteiger charge is 2.19. The Hall–Kier alpha value is -6.26. The second kappa shape index (κ2) is 10.4. The third-order valence-electron chi connectivity index (χ3n) is 8.95.